The van der Waals surface area contributed by atoms with E-state index in [4.69, 9.17) is 4.74 Å². The summed E-state index contributed by atoms with van der Waals surface area (Å²) in [6.07, 6.45) is 3.14. The number of halogens is 1. The van der Waals surface area contributed by atoms with Crippen LogP contribution in [0.2, 0.25) is 0 Å². The van der Waals surface area contributed by atoms with Crippen LogP contribution in [0, 0.1) is 6.92 Å². The zero-order valence-corrected chi connectivity index (χ0v) is 14.9. The van der Waals surface area contributed by atoms with E-state index in [1.807, 2.05) is 25.7 Å². The third kappa shape index (κ3) is 4.73. The molecule has 0 saturated heterocycles. The molecule has 2 rings (SSSR count). The van der Waals surface area contributed by atoms with Crippen LogP contribution in [0.3, 0.4) is 0 Å². The summed E-state index contributed by atoms with van der Waals surface area (Å²) < 4.78 is 6.62. The van der Waals surface area contributed by atoms with Crippen molar-refractivity contribution in [1.82, 2.24) is 4.90 Å². The Balaban J connectivity index is 2.14. The van der Waals surface area contributed by atoms with Gasteiger partial charge >= 0.3 is 6.09 Å². The minimum atomic E-state index is -0.452. The molecule has 0 unspecified atom stereocenters. The molecule has 116 valence electrons. The first kappa shape index (κ1) is 16.3. The molecule has 0 atom stereocenters. The smallest absolute Gasteiger partial charge is 0.410 e. The van der Waals surface area contributed by atoms with Crippen molar-refractivity contribution in [2.24, 2.45) is 0 Å². The number of benzene rings is 1. The lowest BCUT2D eigenvalue weighted by atomic mass is 9.91. The molecular weight excluding hydrogens is 330 g/mol. The van der Waals surface area contributed by atoms with E-state index >= 15 is 0 Å². The molecule has 0 aliphatic heterocycles. The number of carbonyl (C=O) groups excluding carboxylic acids is 1. The third-order valence-corrected chi connectivity index (χ3v) is 4.06. The average molecular weight is 354 g/mol. The Kier molecular flexibility index (Phi) is 4.97. The highest BCUT2D eigenvalue weighted by Crippen LogP contribution is 2.28. The van der Waals surface area contributed by atoms with Crippen molar-refractivity contribution in [2.75, 3.05) is 0 Å². The first-order chi connectivity index (χ1) is 9.74. The van der Waals surface area contributed by atoms with Crippen LogP contribution in [0.15, 0.2) is 22.7 Å². The van der Waals surface area contributed by atoms with Gasteiger partial charge in [-0.15, -0.1) is 0 Å². The van der Waals surface area contributed by atoms with E-state index in [0.717, 1.165) is 22.9 Å². The molecular formula is C17H24BrNO2. The van der Waals surface area contributed by atoms with Crippen molar-refractivity contribution in [3.63, 3.8) is 0 Å². The number of nitrogens with zero attached hydrogens (tertiary/aromatic N) is 1. The molecule has 21 heavy (non-hydrogen) atoms. The van der Waals surface area contributed by atoms with E-state index in [0.29, 0.717) is 12.6 Å². The Labute approximate surface area is 135 Å². The zero-order valence-electron chi connectivity index (χ0n) is 13.3. The van der Waals surface area contributed by atoms with Gasteiger partial charge in [-0.25, -0.2) is 4.79 Å². The minimum Gasteiger partial charge on any atom is -0.444 e. The fourth-order valence-corrected chi connectivity index (χ4v) is 3.12. The molecule has 0 aromatic heterocycles. The molecule has 0 radical (unpaired) electrons. The lowest BCUT2D eigenvalue weighted by Gasteiger charge is -2.38. The van der Waals surface area contributed by atoms with Crippen LogP contribution in [0.4, 0.5) is 4.79 Å². The number of hydrogen-bond acceptors (Lipinski definition) is 2. The van der Waals surface area contributed by atoms with Gasteiger partial charge in [0.1, 0.15) is 5.60 Å². The SMILES string of the molecule is Cc1cc(Br)cc(CN(C(=O)OC(C)(C)C)C2CCC2)c1. The number of aryl methyl sites for hydroxylation is 1. The Hall–Kier alpha value is -1.03. The summed E-state index contributed by atoms with van der Waals surface area (Å²) in [4.78, 5) is 14.3. The monoisotopic (exact) mass is 353 g/mol. The van der Waals surface area contributed by atoms with Gasteiger partial charge in [0.2, 0.25) is 0 Å². The summed E-state index contributed by atoms with van der Waals surface area (Å²) in [5.41, 5.74) is 1.88. The van der Waals surface area contributed by atoms with Gasteiger partial charge < -0.3 is 9.64 Å². The van der Waals surface area contributed by atoms with Crippen LogP contribution in [0.25, 0.3) is 0 Å². The Morgan fingerprint density at radius 3 is 2.48 bits per heavy atom. The molecule has 1 saturated carbocycles. The standard InChI is InChI=1S/C17H24BrNO2/c1-12-8-13(10-14(18)9-12)11-19(15-6-5-7-15)16(20)21-17(2,3)4/h8-10,15H,5-7,11H2,1-4H3. The number of ether oxygens (including phenoxy) is 1. The predicted octanol–water partition coefficient (Wildman–Crippen LogP) is 5.05. The molecule has 0 bridgehead atoms. The second kappa shape index (κ2) is 6.39. The van der Waals surface area contributed by atoms with Crippen LogP contribution in [0.1, 0.15) is 51.2 Å². The van der Waals surface area contributed by atoms with Crippen LogP contribution < -0.4 is 0 Å². The van der Waals surface area contributed by atoms with E-state index in [-0.39, 0.29) is 6.09 Å². The van der Waals surface area contributed by atoms with Crippen LogP contribution in [-0.2, 0) is 11.3 Å². The molecule has 0 spiro atoms. The van der Waals surface area contributed by atoms with Crippen LogP contribution in [0.5, 0.6) is 0 Å². The summed E-state index contributed by atoms with van der Waals surface area (Å²) in [5.74, 6) is 0. The summed E-state index contributed by atoms with van der Waals surface area (Å²) >= 11 is 3.52. The van der Waals surface area contributed by atoms with Crippen LogP contribution >= 0.6 is 15.9 Å². The maximum absolute atomic E-state index is 12.5. The molecule has 0 heterocycles. The van der Waals surface area contributed by atoms with Gasteiger partial charge in [0.15, 0.2) is 0 Å². The van der Waals surface area contributed by atoms with Gasteiger partial charge in [-0.1, -0.05) is 22.0 Å². The Bertz CT molecular complexity index is 498. The lowest BCUT2D eigenvalue weighted by molar-refractivity contribution is 0.00460. The number of hydrogen-bond donors (Lipinski definition) is 0. The topological polar surface area (TPSA) is 29.5 Å². The van der Waals surface area contributed by atoms with Gasteiger partial charge in [-0.05, 0) is 70.2 Å². The molecule has 1 amide bonds. The predicted molar refractivity (Wildman–Crippen MR) is 88.3 cm³/mol. The highest BCUT2D eigenvalue weighted by Gasteiger charge is 2.32. The maximum Gasteiger partial charge on any atom is 0.410 e. The summed E-state index contributed by atoms with van der Waals surface area (Å²) in [6, 6.07) is 6.59. The van der Waals surface area contributed by atoms with Gasteiger partial charge in [0.25, 0.3) is 0 Å². The quantitative estimate of drug-likeness (QED) is 0.760. The molecule has 1 aliphatic rings. The molecule has 4 heteroatoms. The van der Waals surface area contributed by atoms with E-state index in [1.165, 1.54) is 12.0 Å². The fraction of sp³-hybridized carbons (Fsp3) is 0.588. The maximum atomic E-state index is 12.5. The normalized spacial score (nSPS) is 15.5. The highest BCUT2D eigenvalue weighted by molar-refractivity contribution is 9.10. The summed E-state index contributed by atoms with van der Waals surface area (Å²) in [6.45, 7) is 8.41. The molecule has 1 aromatic rings. The van der Waals surface area contributed by atoms with Gasteiger partial charge in [-0.3, -0.25) is 0 Å². The molecule has 1 fully saturated rings. The largest absolute Gasteiger partial charge is 0.444 e. The third-order valence-electron chi connectivity index (χ3n) is 3.60. The van der Waals surface area contributed by atoms with Crippen molar-refractivity contribution in [2.45, 2.75) is 65.1 Å². The molecule has 1 aromatic carbocycles. The number of rotatable bonds is 3. The fourth-order valence-electron chi connectivity index (χ4n) is 2.46. The van der Waals surface area contributed by atoms with Crippen molar-refractivity contribution in [3.05, 3.63) is 33.8 Å². The summed E-state index contributed by atoms with van der Waals surface area (Å²) in [7, 11) is 0. The number of amides is 1. The first-order valence-electron chi connectivity index (χ1n) is 7.50. The molecule has 0 N–H and O–H groups in total. The van der Waals surface area contributed by atoms with Gasteiger partial charge in [0.05, 0.1) is 0 Å². The highest BCUT2D eigenvalue weighted by atomic mass is 79.9. The van der Waals surface area contributed by atoms with E-state index in [9.17, 15) is 4.79 Å². The minimum absolute atomic E-state index is 0.204. The lowest BCUT2D eigenvalue weighted by Crippen LogP contribution is -2.46. The molecule has 3 nitrogen and oxygen atoms in total. The van der Waals surface area contributed by atoms with E-state index in [1.54, 1.807) is 0 Å². The summed E-state index contributed by atoms with van der Waals surface area (Å²) in [5, 5.41) is 0. The first-order valence-corrected chi connectivity index (χ1v) is 8.29. The second-order valence-corrected chi connectivity index (χ2v) is 7.75. The second-order valence-electron chi connectivity index (χ2n) is 6.83. The molecule has 1 aliphatic carbocycles. The average Bonchev–Trinajstić information content (AvgIpc) is 2.21. The van der Waals surface area contributed by atoms with Crippen molar-refractivity contribution in [1.29, 1.82) is 0 Å². The van der Waals surface area contributed by atoms with E-state index < -0.39 is 5.60 Å². The number of carbonyl (C=O) groups is 1. The van der Waals surface area contributed by atoms with E-state index in [2.05, 4.69) is 41.1 Å². The Morgan fingerprint density at radius 2 is 2.00 bits per heavy atom. The van der Waals surface area contributed by atoms with Gasteiger partial charge in [0, 0.05) is 17.1 Å². The van der Waals surface area contributed by atoms with Crippen molar-refractivity contribution < 1.29 is 9.53 Å². The Morgan fingerprint density at radius 1 is 1.33 bits per heavy atom. The van der Waals surface area contributed by atoms with Crippen molar-refractivity contribution >= 4 is 22.0 Å². The zero-order chi connectivity index (χ0) is 15.6. The van der Waals surface area contributed by atoms with Crippen molar-refractivity contribution in [3.8, 4) is 0 Å². The van der Waals surface area contributed by atoms with Crippen LogP contribution in [-0.4, -0.2) is 22.6 Å². The van der Waals surface area contributed by atoms with Gasteiger partial charge in [-0.2, -0.15) is 0 Å².